The molecule has 0 aliphatic carbocycles. The van der Waals surface area contributed by atoms with Crippen molar-refractivity contribution in [2.75, 3.05) is 39.5 Å². The van der Waals surface area contributed by atoms with Gasteiger partial charge in [0, 0.05) is 24.7 Å². The predicted octanol–water partition coefficient (Wildman–Crippen LogP) is 1.83. The van der Waals surface area contributed by atoms with Crippen LogP contribution in [0.25, 0.3) is 10.9 Å². The maximum Gasteiger partial charge on any atom is 0.213 e. The first-order valence-electron chi connectivity index (χ1n) is 9.42. The van der Waals surface area contributed by atoms with Gasteiger partial charge in [-0.25, -0.2) is 13.1 Å². The summed E-state index contributed by atoms with van der Waals surface area (Å²) >= 11 is 0. The number of sulfonamides is 1. The van der Waals surface area contributed by atoms with E-state index in [0.717, 1.165) is 17.5 Å². The maximum absolute atomic E-state index is 12.9. The molecular weight excluding hydrogens is 410 g/mol. The van der Waals surface area contributed by atoms with Gasteiger partial charge >= 0.3 is 0 Å². The summed E-state index contributed by atoms with van der Waals surface area (Å²) < 4.78 is 28.8. The Labute approximate surface area is 179 Å². The number of fused-ring (bicyclic) bond motifs is 1. The number of hydrogen-bond acceptors (Lipinski definition) is 6. The molecule has 0 radical (unpaired) electrons. The first kappa shape index (κ1) is 23.5. The Morgan fingerprint density at radius 1 is 1.38 bits per heavy atom. The number of nitrogens with zero attached hydrogens (tertiary/aromatic N) is 3. The average molecular weight is 438 g/mol. The minimum atomic E-state index is -3.51. The van der Waals surface area contributed by atoms with Crippen molar-refractivity contribution in [2.24, 2.45) is 5.92 Å². The van der Waals surface area contributed by atoms with Gasteiger partial charge in [-0.05, 0) is 50.7 Å². The molecule has 0 unspecified atom stereocenters. The zero-order valence-electron chi connectivity index (χ0n) is 17.0. The lowest BCUT2D eigenvalue weighted by Gasteiger charge is -2.42. The second-order valence-corrected chi connectivity index (χ2v) is 9.76. The highest BCUT2D eigenvalue weighted by atomic mass is 35.5. The van der Waals surface area contributed by atoms with Crippen LogP contribution >= 0.6 is 12.4 Å². The highest BCUT2D eigenvalue weighted by Crippen LogP contribution is 2.36. The van der Waals surface area contributed by atoms with Gasteiger partial charge in [0.1, 0.15) is 6.07 Å². The number of aromatic nitrogens is 1. The molecule has 0 bridgehead atoms. The van der Waals surface area contributed by atoms with Crippen LogP contribution in [0.1, 0.15) is 24.5 Å². The SMILES string of the molecule is C[C@@H]1CNC[C@](NS(=O)(=O)CCN(C)C)(c2ccc(C#N)c3ncccc23)C1.Cl. The van der Waals surface area contributed by atoms with Gasteiger partial charge in [-0.2, -0.15) is 5.26 Å². The smallest absolute Gasteiger partial charge is 0.213 e. The molecule has 2 atom stereocenters. The molecule has 1 aromatic heterocycles. The van der Waals surface area contributed by atoms with Crippen molar-refractivity contribution in [3.05, 3.63) is 41.6 Å². The van der Waals surface area contributed by atoms with Crippen molar-refractivity contribution in [3.8, 4) is 6.07 Å². The number of nitriles is 1. The number of piperidine rings is 1. The molecule has 29 heavy (non-hydrogen) atoms. The molecule has 158 valence electrons. The molecule has 1 aromatic carbocycles. The molecule has 0 amide bonds. The van der Waals surface area contributed by atoms with Crippen molar-refractivity contribution in [3.63, 3.8) is 0 Å². The van der Waals surface area contributed by atoms with Gasteiger partial charge in [-0.1, -0.05) is 19.1 Å². The lowest BCUT2D eigenvalue weighted by atomic mass is 9.78. The first-order valence-corrected chi connectivity index (χ1v) is 11.1. The molecule has 0 saturated carbocycles. The highest BCUT2D eigenvalue weighted by molar-refractivity contribution is 7.89. The van der Waals surface area contributed by atoms with Crippen LogP contribution in [-0.4, -0.2) is 57.8 Å². The Hall–Kier alpha value is -1.76. The topological polar surface area (TPSA) is 98.1 Å². The van der Waals surface area contributed by atoms with Gasteiger partial charge in [-0.3, -0.25) is 4.98 Å². The Morgan fingerprint density at radius 3 is 2.79 bits per heavy atom. The molecule has 2 heterocycles. The molecular formula is C20H28ClN5O2S. The molecule has 2 N–H and O–H groups in total. The maximum atomic E-state index is 12.9. The minimum absolute atomic E-state index is 0. The Morgan fingerprint density at radius 2 is 2.14 bits per heavy atom. The fourth-order valence-electron chi connectivity index (χ4n) is 3.94. The summed E-state index contributed by atoms with van der Waals surface area (Å²) in [6.45, 7) is 3.89. The minimum Gasteiger partial charge on any atom is -0.314 e. The van der Waals surface area contributed by atoms with Crippen molar-refractivity contribution < 1.29 is 8.42 Å². The van der Waals surface area contributed by atoms with Crippen LogP contribution in [0.3, 0.4) is 0 Å². The standard InChI is InChI=1S/C20H27N5O2S.ClH/c1-15-11-20(14-22-13-15,24-28(26,27)10-9-25(2)3)18-7-6-16(12-21)19-17(18)5-4-8-23-19;/h4-8,15,22,24H,9-11,13-14H2,1-3H3;1H/t15-,20-;/m0./s1. The normalized spacial score (nSPS) is 22.2. The van der Waals surface area contributed by atoms with E-state index in [1.807, 2.05) is 37.2 Å². The number of benzene rings is 1. The zero-order chi connectivity index (χ0) is 20.4. The number of pyridine rings is 1. The van der Waals surface area contributed by atoms with Crippen LogP contribution in [0.4, 0.5) is 0 Å². The summed E-state index contributed by atoms with van der Waals surface area (Å²) in [6, 6.07) is 9.52. The summed E-state index contributed by atoms with van der Waals surface area (Å²) in [5, 5.41) is 13.6. The van der Waals surface area contributed by atoms with E-state index in [0.29, 0.717) is 36.5 Å². The van der Waals surface area contributed by atoms with Crippen LogP contribution < -0.4 is 10.0 Å². The predicted molar refractivity (Wildman–Crippen MR) is 118 cm³/mol. The third-order valence-electron chi connectivity index (χ3n) is 5.18. The fraction of sp³-hybridized carbons (Fsp3) is 0.500. The van der Waals surface area contributed by atoms with Gasteiger partial charge < -0.3 is 10.2 Å². The average Bonchev–Trinajstić information content (AvgIpc) is 2.65. The summed E-state index contributed by atoms with van der Waals surface area (Å²) in [5.74, 6) is 0.329. The van der Waals surface area contributed by atoms with Crippen LogP contribution in [0.5, 0.6) is 0 Å². The summed E-state index contributed by atoms with van der Waals surface area (Å²) in [5.41, 5.74) is 1.18. The molecule has 1 aliphatic heterocycles. The molecule has 3 rings (SSSR count). The van der Waals surface area contributed by atoms with Crippen LogP contribution in [0, 0.1) is 17.2 Å². The Bertz CT molecular complexity index is 1010. The largest absolute Gasteiger partial charge is 0.314 e. The first-order chi connectivity index (χ1) is 13.3. The number of hydrogen-bond donors (Lipinski definition) is 2. The van der Waals surface area contributed by atoms with Gasteiger partial charge in [0.2, 0.25) is 10.0 Å². The van der Waals surface area contributed by atoms with E-state index in [-0.39, 0.29) is 18.2 Å². The third-order valence-corrected chi connectivity index (χ3v) is 6.60. The van der Waals surface area contributed by atoms with Crippen molar-refractivity contribution in [1.29, 1.82) is 5.26 Å². The molecule has 2 aromatic rings. The third kappa shape index (κ3) is 5.24. The Balaban J connectivity index is 0.00000300. The second-order valence-electron chi connectivity index (χ2n) is 7.92. The molecule has 1 saturated heterocycles. The van der Waals surface area contributed by atoms with Crippen molar-refractivity contribution >= 4 is 33.3 Å². The highest BCUT2D eigenvalue weighted by Gasteiger charge is 2.41. The molecule has 1 aliphatic rings. The second kappa shape index (κ2) is 9.37. The van der Waals surface area contributed by atoms with Crippen LogP contribution in [0.2, 0.25) is 0 Å². The zero-order valence-corrected chi connectivity index (χ0v) is 18.6. The molecule has 7 nitrogen and oxygen atoms in total. The number of halogens is 1. The molecule has 1 fully saturated rings. The number of nitrogens with one attached hydrogen (secondary N) is 2. The van der Waals surface area contributed by atoms with E-state index in [4.69, 9.17) is 0 Å². The number of rotatable bonds is 6. The lowest BCUT2D eigenvalue weighted by Crippen LogP contribution is -2.57. The van der Waals surface area contributed by atoms with E-state index in [1.54, 1.807) is 12.3 Å². The lowest BCUT2D eigenvalue weighted by molar-refractivity contribution is 0.238. The molecule has 9 heteroatoms. The summed E-state index contributed by atoms with van der Waals surface area (Å²) in [6.07, 6.45) is 2.33. The van der Waals surface area contributed by atoms with Crippen molar-refractivity contribution in [1.82, 2.24) is 19.9 Å². The van der Waals surface area contributed by atoms with E-state index >= 15 is 0 Å². The van der Waals surface area contributed by atoms with Gasteiger partial charge in [-0.15, -0.1) is 12.4 Å². The quantitative estimate of drug-likeness (QED) is 0.715. The van der Waals surface area contributed by atoms with Gasteiger partial charge in [0.15, 0.2) is 0 Å². The van der Waals surface area contributed by atoms with Crippen molar-refractivity contribution in [2.45, 2.75) is 18.9 Å². The van der Waals surface area contributed by atoms with E-state index in [2.05, 4.69) is 28.0 Å². The van der Waals surface area contributed by atoms with E-state index in [9.17, 15) is 13.7 Å². The van der Waals surface area contributed by atoms with Gasteiger partial charge in [0.25, 0.3) is 0 Å². The van der Waals surface area contributed by atoms with E-state index < -0.39 is 15.6 Å². The molecule has 0 spiro atoms. The summed E-state index contributed by atoms with van der Waals surface area (Å²) in [7, 11) is 0.205. The summed E-state index contributed by atoms with van der Waals surface area (Å²) in [4.78, 5) is 6.24. The monoisotopic (exact) mass is 437 g/mol. The fourth-order valence-corrected chi connectivity index (χ4v) is 5.51. The van der Waals surface area contributed by atoms with Crippen LogP contribution in [-0.2, 0) is 15.6 Å². The Kier molecular flexibility index (Phi) is 7.60. The van der Waals surface area contributed by atoms with E-state index in [1.165, 1.54) is 0 Å². The van der Waals surface area contributed by atoms with Gasteiger partial charge in [0.05, 0.1) is 22.4 Å². The van der Waals surface area contributed by atoms with Crippen LogP contribution in [0.15, 0.2) is 30.5 Å².